The lowest BCUT2D eigenvalue weighted by atomic mass is 10.2. The molecule has 17 heavy (non-hydrogen) atoms. The molecule has 0 heterocycles. The normalized spacial score (nSPS) is 13.0. The molecule has 0 fully saturated rings. The van der Waals surface area contributed by atoms with E-state index in [4.69, 9.17) is 0 Å². The first-order valence-electron chi connectivity index (χ1n) is 4.33. The van der Waals surface area contributed by atoms with E-state index in [9.17, 15) is 30.7 Å². The Labute approximate surface area is 91.2 Å². The second-order valence-corrected chi connectivity index (χ2v) is 3.21. The van der Waals surface area contributed by atoms with Crippen molar-refractivity contribution in [1.29, 1.82) is 0 Å². The highest BCUT2D eigenvalue weighted by Gasteiger charge is 2.27. The van der Waals surface area contributed by atoms with Gasteiger partial charge in [0.2, 0.25) is 5.82 Å². The number of alkyl halides is 2. The molecule has 0 bridgehead atoms. The SMILES string of the molecule is CC(Nc1c(F)c(F)c(F)c(F)c1F)C(F)F. The zero-order valence-corrected chi connectivity index (χ0v) is 8.30. The van der Waals surface area contributed by atoms with Gasteiger partial charge in [-0.15, -0.1) is 0 Å². The third kappa shape index (κ3) is 2.45. The van der Waals surface area contributed by atoms with Gasteiger partial charge in [0.1, 0.15) is 5.69 Å². The highest BCUT2D eigenvalue weighted by Crippen LogP contribution is 2.28. The van der Waals surface area contributed by atoms with E-state index in [1.165, 1.54) is 0 Å². The molecule has 1 aromatic rings. The molecule has 0 spiro atoms. The lowest BCUT2D eigenvalue weighted by Gasteiger charge is -2.16. The highest BCUT2D eigenvalue weighted by atomic mass is 19.3. The minimum Gasteiger partial charge on any atom is -0.372 e. The standard InChI is InChI=1S/C9H6F7N/c1-2(9(15)16)17-8-6(13)4(11)3(10)5(12)7(8)14/h2,9,17H,1H3. The van der Waals surface area contributed by atoms with Crippen LogP contribution < -0.4 is 5.32 Å². The molecule has 1 nitrogen and oxygen atoms in total. The summed E-state index contributed by atoms with van der Waals surface area (Å²) in [6.45, 7) is 0.836. The molecule has 0 aromatic heterocycles. The van der Waals surface area contributed by atoms with Gasteiger partial charge in [0.05, 0.1) is 6.04 Å². The van der Waals surface area contributed by atoms with Crippen LogP contribution in [0, 0.1) is 29.1 Å². The average molecular weight is 261 g/mol. The van der Waals surface area contributed by atoms with Crippen LogP contribution in [0.1, 0.15) is 6.92 Å². The average Bonchev–Trinajstić information content (AvgIpc) is 2.29. The Balaban J connectivity index is 3.25. The van der Waals surface area contributed by atoms with Crippen molar-refractivity contribution in [1.82, 2.24) is 0 Å². The summed E-state index contributed by atoms with van der Waals surface area (Å²) in [6.07, 6.45) is -3.02. The number of rotatable bonds is 3. The summed E-state index contributed by atoms with van der Waals surface area (Å²) in [5.41, 5.74) is -1.46. The van der Waals surface area contributed by atoms with Crippen LogP contribution in [-0.2, 0) is 0 Å². The lowest BCUT2D eigenvalue weighted by molar-refractivity contribution is 0.130. The van der Waals surface area contributed by atoms with Crippen molar-refractivity contribution >= 4 is 5.69 Å². The molecule has 0 saturated heterocycles. The van der Waals surface area contributed by atoms with Crippen molar-refractivity contribution in [3.63, 3.8) is 0 Å². The van der Waals surface area contributed by atoms with Crippen LogP contribution in [0.3, 0.4) is 0 Å². The Morgan fingerprint density at radius 2 is 1.12 bits per heavy atom. The number of hydrogen-bond donors (Lipinski definition) is 1. The van der Waals surface area contributed by atoms with Gasteiger partial charge in [0.25, 0.3) is 6.43 Å². The van der Waals surface area contributed by atoms with Crippen molar-refractivity contribution in [2.75, 3.05) is 5.32 Å². The van der Waals surface area contributed by atoms with Crippen LogP contribution in [0.25, 0.3) is 0 Å². The molecule has 8 heteroatoms. The predicted molar refractivity (Wildman–Crippen MR) is 45.3 cm³/mol. The minimum absolute atomic E-state index is 0.836. The molecule has 0 radical (unpaired) electrons. The molecule has 1 rings (SSSR count). The molecule has 0 amide bonds. The summed E-state index contributed by atoms with van der Waals surface area (Å²) in [4.78, 5) is 0. The maximum Gasteiger partial charge on any atom is 0.258 e. The molecule has 1 unspecified atom stereocenters. The lowest BCUT2D eigenvalue weighted by Crippen LogP contribution is -2.26. The van der Waals surface area contributed by atoms with Crippen LogP contribution in [-0.4, -0.2) is 12.5 Å². The summed E-state index contributed by atoms with van der Waals surface area (Å²) in [7, 11) is 0. The fourth-order valence-electron chi connectivity index (χ4n) is 1.02. The third-order valence-corrected chi connectivity index (χ3v) is 1.96. The van der Waals surface area contributed by atoms with Gasteiger partial charge in [0.15, 0.2) is 23.3 Å². The number of anilines is 1. The fourth-order valence-corrected chi connectivity index (χ4v) is 1.02. The molecule has 0 aliphatic heterocycles. The first kappa shape index (κ1) is 13.6. The number of nitrogens with one attached hydrogen (secondary N) is 1. The van der Waals surface area contributed by atoms with Gasteiger partial charge in [-0.1, -0.05) is 0 Å². The van der Waals surface area contributed by atoms with E-state index < -0.39 is 47.2 Å². The molecule has 0 aliphatic rings. The Hall–Kier alpha value is -1.47. The Bertz CT molecular complexity index is 403. The van der Waals surface area contributed by atoms with Crippen LogP contribution in [0.2, 0.25) is 0 Å². The van der Waals surface area contributed by atoms with E-state index in [0.29, 0.717) is 0 Å². The van der Waals surface area contributed by atoms with Gasteiger partial charge in [-0.05, 0) is 6.92 Å². The van der Waals surface area contributed by atoms with E-state index in [1.54, 1.807) is 5.32 Å². The summed E-state index contributed by atoms with van der Waals surface area (Å²) in [5.74, 6) is -11.1. The van der Waals surface area contributed by atoms with E-state index in [2.05, 4.69) is 0 Å². The van der Waals surface area contributed by atoms with E-state index in [-0.39, 0.29) is 0 Å². The van der Waals surface area contributed by atoms with Crippen LogP contribution in [0.15, 0.2) is 0 Å². The van der Waals surface area contributed by atoms with Crippen molar-refractivity contribution in [2.45, 2.75) is 19.4 Å². The molecule has 1 atom stereocenters. The second-order valence-electron chi connectivity index (χ2n) is 3.21. The van der Waals surface area contributed by atoms with Crippen LogP contribution >= 0.6 is 0 Å². The van der Waals surface area contributed by atoms with E-state index in [0.717, 1.165) is 6.92 Å². The van der Waals surface area contributed by atoms with Gasteiger partial charge >= 0.3 is 0 Å². The van der Waals surface area contributed by atoms with Gasteiger partial charge in [-0.3, -0.25) is 0 Å². The van der Waals surface area contributed by atoms with Crippen molar-refractivity contribution < 1.29 is 30.7 Å². The predicted octanol–water partition coefficient (Wildman–Crippen LogP) is 3.45. The maximum atomic E-state index is 13.0. The Morgan fingerprint density at radius 1 is 0.765 bits per heavy atom. The van der Waals surface area contributed by atoms with E-state index in [1.807, 2.05) is 0 Å². The Kier molecular flexibility index (Phi) is 3.84. The van der Waals surface area contributed by atoms with Crippen molar-refractivity contribution in [3.05, 3.63) is 29.1 Å². The summed E-state index contributed by atoms with van der Waals surface area (Å²) >= 11 is 0. The summed E-state index contributed by atoms with van der Waals surface area (Å²) < 4.78 is 88.1. The van der Waals surface area contributed by atoms with Gasteiger partial charge < -0.3 is 5.32 Å². The first-order valence-corrected chi connectivity index (χ1v) is 4.33. The number of benzene rings is 1. The topological polar surface area (TPSA) is 12.0 Å². The van der Waals surface area contributed by atoms with Crippen LogP contribution in [0.5, 0.6) is 0 Å². The van der Waals surface area contributed by atoms with E-state index >= 15 is 0 Å². The zero-order valence-electron chi connectivity index (χ0n) is 8.30. The van der Waals surface area contributed by atoms with Gasteiger partial charge in [-0.25, -0.2) is 30.7 Å². The largest absolute Gasteiger partial charge is 0.372 e. The first-order chi connectivity index (χ1) is 7.77. The van der Waals surface area contributed by atoms with Crippen molar-refractivity contribution in [3.8, 4) is 0 Å². The smallest absolute Gasteiger partial charge is 0.258 e. The number of halogens is 7. The minimum atomic E-state index is -3.02. The molecular weight excluding hydrogens is 255 g/mol. The summed E-state index contributed by atoms with van der Waals surface area (Å²) in [6, 6.07) is -1.76. The maximum absolute atomic E-state index is 13.0. The van der Waals surface area contributed by atoms with Gasteiger partial charge in [-0.2, -0.15) is 0 Å². The molecule has 0 aliphatic carbocycles. The zero-order chi connectivity index (χ0) is 13.3. The number of hydrogen-bond acceptors (Lipinski definition) is 1. The van der Waals surface area contributed by atoms with Crippen molar-refractivity contribution in [2.24, 2.45) is 0 Å². The molecule has 96 valence electrons. The summed E-state index contributed by atoms with van der Waals surface area (Å²) in [5, 5.41) is 1.54. The fraction of sp³-hybridized carbons (Fsp3) is 0.333. The highest BCUT2D eigenvalue weighted by molar-refractivity contribution is 5.48. The third-order valence-electron chi connectivity index (χ3n) is 1.96. The quantitative estimate of drug-likeness (QED) is 0.499. The second kappa shape index (κ2) is 4.80. The van der Waals surface area contributed by atoms with Crippen LogP contribution in [0.4, 0.5) is 36.4 Å². The molecule has 1 N–H and O–H groups in total. The molecule has 0 saturated carbocycles. The molecular formula is C9H6F7N. The van der Waals surface area contributed by atoms with Gasteiger partial charge in [0, 0.05) is 0 Å². The monoisotopic (exact) mass is 261 g/mol. The Morgan fingerprint density at radius 3 is 1.47 bits per heavy atom. The molecule has 1 aromatic carbocycles.